The Balaban J connectivity index is 2.78. The second-order valence-corrected chi connectivity index (χ2v) is 4.83. The minimum absolute atomic E-state index is 0.330. The topological polar surface area (TPSA) is 32.9 Å². The van der Waals surface area contributed by atoms with Gasteiger partial charge < -0.3 is 4.98 Å². The molecule has 0 bridgehead atoms. The molecule has 0 aliphatic rings. The molecule has 0 aliphatic heterocycles. The molecule has 0 saturated heterocycles. The fraction of sp³-hybridized carbons (Fsp3) is 0.250. The van der Waals surface area contributed by atoms with Crippen molar-refractivity contribution in [3.63, 3.8) is 0 Å². The first kappa shape index (κ1) is 10.4. The highest BCUT2D eigenvalue weighted by Crippen LogP contribution is 2.28. The molecule has 3 heteroatoms. The predicted molar refractivity (Wildman–Crippen MR) is 65.5 cm³/mol. The van der Waals surface area contributed by atoms with E-state index in [4.69, 9.17) is 0 Å². The fourth-order valence-corrected chi connectivity index (χ4v) is 2.16. The molecule has 2 rings (SSSR count). The minimum Gasteiger partial charge on any atom is -0.358 e. The molecular formula is C12H12BrNO. The lowest BCUT2D eigenvalue weighted by atomic mass is 10.0. The molecule has 0 radical (unpaired) electrons. The van der Waals surface area contributed by atoms with Crippen LogP contribution in [0.15, 0.2) is 22.7 Å². The summed E-state index contributed by atoms with van der Waals surface area (Å²) >= 11 is 3.42. The Morgan fingerprint density at radius 1 is 1.40 bits per heavy atom. The summed E-state index contributed by atoms with van der Waals surface area (Å²) in [7, 11) is 0. The van der Waals surface area contributed by atoms with E-state index in [1.807, 2.05) is 18.2 Å². The van der Waals surface area contributed by atoms with Gasteiger partial charge in [-0.3, -0.25) is 4.79 Å². The Hall–Kier alpha value is -1.09. The largest absolute Gasteiger partial charge is 0.358 e. The summed E-state index contributed by atoms with van der Waals surface area (Å²) in [6, 6.07) is 5.91. The average Bonchev–Trinajstić information content (AvgIpc) is 2.55. The maximum atomic E-state index is 11.1. The number of aromatic amines is 1. The quantitative estimate of drug-likeness (QED) is 0.822. The van der Waals surface area contributed by atoms with Gasteiger partial charge in [0.1, 0.15) is 0 Å². The Morgan fingerprint density at radius 2 is 2.13 bits per heavy atom. The number of carbonyl (C=O) groups excluding carboxylic acids is 1. The zero-order chi connectivity index (χ0) is 11.0. The molecule has 2 aromatic rings. The van der Waals surface area contributed by atoms with E-state index in [9.17, 15) is 4.79 Å². The molecule has 1 N–H and O–H groups in total. The van der Waals surface area contributed by atoms with Crippen molar-refractivity contribution in [1.82, 2.24) is 4.98 Å². The highest BCUT2D eigenvalue weighted by Gasteiger charge is 2.13. The summed E-state index contributed by atoms with van der Waals surface area (Å²) in [5.41, 5.74) is 2.81. The maximum Gasteiger partial charge on any atom is 0.152 e. The van der Waals surface area contributed by atoms with Gasteiger partial charge in [0, 0.05) is 26.6 Å². The number of benzene rings is 1. The van der Waals surface area contributed by atoms with Crippen LogP contribution >= 0.6 is 15.9 Å². The van der Waals surface area contributed by atoms with Crippen LogP contribution in [0.2, 0.25) is 0 Å². The number of halogens is 1. The number of rotatable bonds is 2. The average molecular weight is 266 g/mol. The van der Waals surface area contributed by atoms with Crippen molar-refractivity contribution in [3.05, 3.63) is 33.9 Å². The Labute approximate surface area is 96.8 Å². The van der Waals surface area contributed by atoms with Crippen LogP contribution in [0.5, 0.6) is 0 Å². The molecule has 1 aromatic heterocycles. The third-order valence-electron chi connectivity index (χ3n) is 2.53. The molecule has 0 aliphatic carbocycles. The lowest BCUT2D eigenvalue weighted by Crippen LogP contribution is -1.92. The van der Waals surface area contributed by atoms with E-state index in [2.05, 4.69) is 34.8 Å². The van der Waals surface area contributed by atoms with Gasteiger partial charge in [-0.25, -0.2) is 0 Å². The van der Waals surface area contributed by atoms with E-state index in [1.165, 1.54) is 0 Å². The first-order valence-corrected chi connectivity index (χ1v) is 5.69. The van der Waals surface area contributed by atoms with E-state index in [0.29, 0.717) is 5.92 Å². The smallest absolute Gasteiger partial charge is 0.152 e. The van der Waals surface area contributed by atoms with Gasteiger partial charge in [-0.15, -0.1) is 0 Å². The summed E-state index contributed by atoms with van der Waals surface area (Å²) in [6.45, 7) is 4.15. The van der Waals surface area contributed by atoms with Gasteiger partial charge in [-0.05, 0) is 18.1 Å². The molecule has 15 heavy (non-hydrogen) atoms. The van der Waals surface area contributed by atoms with Crippen LogP contribution in [-0.4, -0.2) is 11.3 Å². The molecule has 0 spiro atoms. The van der Waals surface area contributed by atoms with Gasteiger partial charge in [-0.1, -0.05) is 35.8 Å². The SMILES string of the molecule is CC(C)c1[nH]c2cc(Br)ccc2c1C=O. The second-order valence-electron chi connectivity index (χ2n) is 3.91. The molecule has 1 heterocycles. The zero-order valence-electron chi connectivity index (χ0n) is 8.67. The molecule has 78 valence electrons. The van der Waals surface area contributed by atoms with Crippen LogP contribution in [-0.2, 0) is 0 Å². The van der Waals surface area contributed by atoms with Crippen molar-refractivity contribution in [2.75, 3.05) is 0 Å². The summed E-state index contributed by atoms with van der Waals surface area (Å²) in [5, 5.41) is 0.997. The number of hydrogen-bond acceptors (Lipinski definition) is 1. The van der Waals surface area contributed by atoms with Crippen molar-refractivity contribution in [2.45, 2.75) is 19.8 Å². The third-order valence-corrected chi connectivity index (χ3v) is 3.02. The molecule has 0 atom stereocenters. The maximum absolute atomic E-state index is 11.1. The number of aromatic nitrogens is 1. The van der Waals surface area contributed by atoms with Crippen LogP contribution in [0.4, 0.5) is 0 Å². The molecule has 0 unspecified atom stereocenters. The van der Waals surface area contributed by atoms with E-state index < -0.39 is 0 Å². The first-order chi connectivity index (χ1) is 7.13. The Morgan fingerprint density at radius 3 is 2.73 bits per heavy atom. The third kappa shape index (κ3) is 1.72. The molecule has 0 fully saturated rings. The van der Waals surface area contributed by atoms with Crippen LogP contribution in [0.3, 0.4) is 0 Å². The lowest BCUT2D eigenvalue weighted by molar-refractivity contribution is 0.112. The van der Waals surface area contributed by atoms with Crippen molar-refractivity contribution < 1.29 is 4.79 Å². The van der Waals surface area contributed by atoms with Gasteiger partial charge in [-0.2, -0.15) is 0 Å². The summed E-state index contributed by atoms with van der Waals surface area (Å²) in [4.78, 5) is 14.4. The predicted octanol–water partition coefficient (Wildman–Crippen LogP) is 3.87. The van der Waals surface area contributed by atoms with Gasteiger partial charge in [0.25, 0.3) is 0 Å². The van der Waals surface area contributed by atoms with Gasteiger partial charge >= 0.3 is 0 Å². The fourth-order valence-electron chi connectivity index (χ4n) is 1.79. The number of H-pyrrole nitrogens is 1. The van der Waals surface area contributed by atoms with Crippen LogP contribution < -0.4 is 0 Å². The van der Waals surface area contributed by atoms with E-state index in [1.54, 1.807) is 0 Å². The monoisotopic (exact) mass is 265 g/mol. The second kappa shape index (κ2) is 3.81. The summed E-state index contributed by atoms with van der Waals surface area (Å²) in [5.74, 6) is 0.330. The van der Waals surface area contributed by atoms with E-state index in [0.717, 1.165) is 32.9 Å². The zero-order valence-corrected chi connectivity index (χ0v) is 10.3. The Bertz CT molecular complexity index is 514. The van der Waals surface area contributed by atoms with E-state index in [-0.39, 0.29) is 0 Å². The number of aldehydes is 1. The standard InChI is InChI=1S/C12H12BrNO/c1-7(2)12-10(6-15)9-4-3-8(13)5-11(9)14-12/h3-7,14H,1-2H3. The van der Waals surface area contributed by atoms with E-state index >= 15 is 0 Å². The minimum atomic E-state index is 0.330. The molecule has 0 amide bonds. The highest BCUT2D eigenvalue weighted by molar-refractivity contribution is 9.10. The molecule has 1 aromatic carbocycles. The number of carbonyl (C=O) groups is 1. The molecule has 2 nitrogen and oxygen atoms in total. The molecule has 0 saturated carbocycles. The van der Waals surface area contributed by atoms with Gasteiger partial charge in [0.15, 0.2) is 6.29 Å². The van der Waals surface area contributed by atoms with Crippen molar-refractivity contribution in [2.24, 2.45) is 0 Å². The first-order valence-electron chi connectivity index (χ1n) is 4.89. The Kier molecular flexibility index (Phi) is 2.65. The van der Waals surface area contributed by atoms with Crippen molar-refractivity contribution in [1.29, 1.82) is 0 Å². The van der Waals surface area contributed by atoms with Crippen molar-refractivity contribution in [3.8, 4) is 0 Å². The lowest BCUT2D eigenvalue weighted by Gasteiger charge is -2.01. The molecular weight excluding hydrogens is 254 g/mol. The highest BCUT2D eigenvalue weighted by atomic mass is 79.9. The number of nitrogens with one attached hydrogen (secondary N) is 1. The van der Waals surface area contributed by atoms with Gasteiger partial charge in [0.05, 0.1) is 0 Å². The van der Waals surface area contributed by atoms with Crippen molar-refractivity contribution >= 4 is 33.1 Å². The summed E-state index contributed by atoms with van der Waals surface area (Å²) in [6.07, 6.45) is 0.933. The van der Waals surface area contributed by atoms with Crippen LogP contribution in [0.1, 0.15) is 35.8 Å². The number of hydrogen-bond donors (Lipinski definition) is 1. The van der Waals surface area contributed by atoms with Crippen LogP contribution in [0, 0.1) is 0 Å². The normalized spacial score (nSPS) is 11.2. The summed E-state index contributed by atoms with van der Waals surface area (Å²) < 4.78 is 1.02. The number of fused-ring (bicyclic) bond motifs is 1. The van der Waals surface area contributed by atoms with Gasteiger partial charge in [0.2, 0.25) is 0 Å². The van der Waals surface area contributed by atoms with Crippen LogP contribution in [0.25, 0.3) is 10.9 Å².